The number of nitrogens with zero attached hydrogens (tertiary/aromatic N) is 1. The number of thiocarbonyl (C=S) groups is 1. The van der Waals surface area contributed by atoms with Gasteiger partial charge < -0.3 is 0 Å². The number of aliphatic imine (C=N–C) groups is 1. The van der Waals surface area contributed by atoms with Crippen LogP contribution in [0.15, 0.2) is 35.3 Å². The fourth-order valence-corrected chi connectivity index (χ4v) is 2.75. The molecule has 0 atom stereocenters. The predicted octanol–water partition coefficient (Wildman–Crippen LogP) is 7.07. The molecule has 28 heavy (non-hydrogen) atoms. The highest BCUT2D eigenvalue weighted by atomic mass is 35.5. The lowest BCUT2D eigenvalue weighted by molar-refractivity contribution is 0.587. The summed E-state index contributed by atoms with van der Waals surface area (Å²) in [6.45, 7) is 2.18. The topological polar surface area (TPSA) is 12.4 Å². The van der Waals surface area contributed by atoms with Crippen molar-refractivity contribution in [2.75, 3.05) is 0 Å². The molecule has 0 aliphatic carbocycles. The first-order chi connectivity index (χ1) is 13.5. The number of hydrogen-bond donors (Lipinski definition) is 0. The summed E-state index contributed by atoms with van der Waals surface area (Å²) in [4.78, 5) is 3.37. The van der Waals surface area contributed by atoms with Crippen molar-refractivity contribution in [1.29, 1.82) is 0 Å². The molecule has 0 radical (unpaired) electrons. The predicted molar refractivity (Wildman–Crippen MR) is 114 cm³/mol. The van der Waals surface area contributed by atoms with Crippen molar-refractivity contribution in [1.82, 2.24) is 0 Å². The molecule has 142 valence electrons. The van der Waals surface area contributed by atoms with E-state index in [0.717, 1.165) is 30.5 Å². The summed E-state index contributed by atoms with van der Waals surface area (Å²) in [6, 6.07) is 7.49. The SMILES string of the molecule is CCCCCCC#Cc1ccc(C#Cc2cc(F)c(N=C=S)c(F)c2)c(Cl)c1. The third-order valence-electron chi connectivity index (χ3n) is 3.87. The first-order valence-electron chi connectivity index (χ1n) is 8.92. The quantitative estimate of drug-likeness (QED) is 0.221. The summed E-state index contributed by atoms with van der Waals surface area (Å²) in [5, 5.41) is 2.38. The van der Waals surface area contributed by atoms with E-state index in [-0.39, 0.29) is 5.56 Å². The van der Waals surface area contributed by atoms with Gasteiger partial charge in [-0.3, -0.25) is 0 Å². The van der Waals surface area contributed by atoms with Gasteiger partial charge in [-0.05, 0) is 49.0 Å². The highest BCUT2D eigenvalue weighted by Crippen LogP contribution is 2.23. The maximum atomic E-state index is 13.8. The molecule has 0 aliphatic rings. The molecule has 2 aromatic carbocycles. The highest BCUT2D eigenvalue weighted by molar-refractivity contribution is 7.78. The summed E-state index contributed by atoms with van der Waals surface area (Å²) in [5.41, 5.74) is 1.06. The second-order valence-corrected chi connectivity index (χ2v) is 6.64. The van der Waals surface area contributed by atoms with E-state index in [9.17, 15) is 8.78 Å². The fraction of sp³-hybridized carbons (Fsp3) is 0.261. The summed E-state index contributed by atoms with van der Waals surface area (Å²) >= 11 is 10.6. The minimum absolute atomic E-state index is 0.172. The molecule has 0 N–H and O–H groups in total. The highest BCUT2D eigenvalue weighted by Gasteiger charge is 2.09. The number of halogens is 3. The van der Waals surface area contributed by atoms with Crippen LogP contribution in [-0.4, -0.2) is 5.16 Å². The average Bonchev–Trinajstić information content (AvgIpc) is 2.67. The molecule has 0 amide bonds. The van der Waals surface area contributed by atoms with E-state index in [1.807, 2.05) is 11.2 Å². The molecule has 0 saturated heterocycles. The van der Waals surface area contributed by atoms with Crippen LogP contribution in [0.5, 0.6) is 0 Å². The Kier molecular flexibility index (Phi) is 8.86. The molecule has 0 spiro atoms. The van der Waals surface area contributed by atoms with Crippen LogP contribution in [0, 0.1) is 35.3 Å². The van der Waals surface area contributed by atoms with E-state index >= 15 is 0 Å². The number of isothiocyanates is 1. The molecule has 2 rings (SSSR count). The maximum absolute atomic E-state index is 13.8. The van der Waals surface area contributed by atoms with E-state index in [2.05, 4.69) is 47.8 Å². The van der Waals surface area contributed by atoms with Crippen molar-refractivity contribution in [2.24, 2.45) is 4.99 Å². The second-order valence-electron chi connectivity index (χ2n) is 6.05. The van der Waals surface area contributed by atoms with Gasteiger partial charge in [0.05, 0.1) is 10.2 Å². The molecule has 1 nitrogen and oxygen atoms in total. The molecule has 0 bridgehead atoms. The molecule has 0 heterocycles. The second kappa shape index (κ2) is 11.4. The van der Waals surface area contributed by atoms with Crippen molar-refractivity contribution in [3.63, 3.8) is 0 Å². The fourth-order valence-electron chi connectivity index (χ4n) is 2.43. The standard InChI is InChI=1S/C23H18ClF2NS/c1-2-3-4-5-6-7-8-17-9-11-19(20(24)13-17)12-10-18-14-21(25)23(27-16-28)22(26)15-18/h9,11,13-15H,2-6H2,1H3. The zero-order valence-corrected chi connectivity index (χ0v) is 17.0. The third-order valence-corrected chi connectivity index (χ3v) is 4.28. The molecular formula is C23H18ClF2NS. The van der Waals surface area contributed by atoms with E-state index in [1.165, 1.54) is 19.3 Å². The van der Waals surface area contributed by atoms with Gasteiger partial charge in [-0.25, -0.2) is 8.78 Å². The van der Waals surface area contributed by atoms with Crippen molar-refractivity contribution in [2.45, 2.75) is 39.0 Å². The van der Waals surface area contributed by atoms with Crippen LogP contribution in [-0.2, 0) is 0 Å². The minimum Gasteiger partial charge on any atom is -0.204 e. The van der Waals surface area contributed by atoms with Crippen molar-refractivity contribution >= 4 is 34.7 Å². The largest absolute Gasteiger partial charge is 0.204 e. The molecule has 0 aromatic heterocycles. The lowest BCUT2D eigenvalue weighted by atomic mass is 10.1. The van der Waals surface area contributed by atoms with Crippen molar-refractivity contribution < 1.29 is 8.78 Å². The van der Waals surface area contributed by atoms with Crippen LogP contribution in [0.25, 0.3) is 0 Å². The number of hydrogen-bond acceptors (Lipinski definition) is 2. The van der Waals surface area contributed by atoms with E-state index < -0.39 is 17.3 Å². The Morgan fingerprint density at radius 1 is 0.964 bits per heavy atom. The van der Waals surface area contributed by atoms with Gasteiger partial charge in [0.25, 0.3) is 0 Å². The molecule has 5 heteroatoms. The van der Waals surface area contributed by atoms with Crippen LogP contribution in [0.1, 0.15) is 55.7 Å². The summed E-state index contributed by atoms with van der Waals surface area (Å²) in [7, 11) is 0. The lowest BCUT2D eigenvalue weighted by Gasteiger charge is -1.99. The zero-order chi connectivity index (χ0) is 20.4. The molecule has 0 unspecified atom stereocenters. The van der Waals surface area contributed by atoms with Crippen molar-refractivity contribution in [3.05, 3.63) is 63.7 Å². The smallest absolute Gasteiger partial charge is 0.153 e. The Morgan fingerprint density at radius 3 is 2.36 bits per heavy atom. The van der Waals surface area contributed by atoms with Crippen LogP contribution < -0.4 is 0 Å². The van der Waals surface area contributed by atoms with Crippen LogP contribution in [0.4, 0.5) is 14.5 Å². The zero-order valence-electron chi connectivity index (χ0n) is 15.4. The Hall–Kier alpha value is -2.49. The number of rotatable bonds is 5. The van der Waals surface area contributed by atoms with Gasteiger partial charge in [-0.1, -0.05) is 61.5 Å². The molecule has 2 aromatic rings. The molecule has 0 fully saturated rings. The molecular weight excluding hydrogens is 396 g/mol. The first-order valence-corrected chi connectivity index (χ1v) is 9.71. The van der Waals surface area contributed by atoms with Gasteiger partial charge in [-0.15, -0.1) is 0 Å². The third kappa shape index (κ3) is 6.59. The summed E-state index contributed by atoms with van der Waals surface area (Å²) in [6.07, 6.45) is 5.59. The van der Waals surface area contributed by atoms with Crippen LogP contribution >= 0.6 is 23.8 Å². The Bertz CT molecular complexity index is 995. The van der Waals surface area contributed by atoms with E-state index in [4.69, 9.17) is 11.6 Å². The summed E-state index contributed by atoms with van der Waals surface area (Å²) in [5.74, 6) is 10.1. The maximum Gasteiger partial charge on any atom is 0.153 e. The van der Waals surface area contributed by atoms with Gasteiger partial charge in [0.15, 0.2) is 11.6 Å². The van der Waals surface area contributed by atoms with Gasteiger partial charge in [0.2, 0.25) is 0 Å². The first kappa shape index (κ1) is 21.8. The number of benzene rings is 2. The molecule has 0 aliphatic heterocycles. The Labute approximate surface area is 174 Å². The normalized spacial score (nSPS) is 9.57. The van der Waals surface area contributed by atoms with Crippen molar-refractivity contribution in [3.8, 4) is 23.7 Å². The van der Waals surface area contributed by atoms with Gasteiger partial charge >= 0.3 is 0 Å². The lowest BCUT2D eigenvalue weighted by Crippen LogP contribution is -1.87. The van der Waals surface area contributed by atoms with Gasteiger partial charge in [0.1, 0.15) is 5.69 Å². The van der Waals surface area contributed by atoms with E-state index in [1.54, 1.807) is 12.1 Å². The Morgan fingerprint density at radius 2 is 1.71 bits per heavy atom. The minimum atomic E-state index is -0.850. The monoisotopic (exact) mass is 413 g/mol. The Balaban J connectivity index is 2.12. The summed E-state index contributed by atoms with van der Waals surface area (Å²) < 4.78 is 27.7. The van der Waals surface area contributed by atoms with Gasteiger partial charge in [-0.2, -0.15) is 4.99 Å². The van der Waals surface area contributed by atoms with Crippen LogP contribution in [0.2, 0.25) is 5.02 Å². The number of unbranched alkanes of at least 4 members (excludes halogenated alkanes) is 4. The van der Waals surface area contributed by atoms with Gasteiger partial charge in [0, 0.05) is 23.1 Å². The average molecular weight is 414 g/mol. The van der Waals surface area contributed by atoms with E-state index in [0.29, 0.717) is 10.6 Å². The van der Waals surface area contributed by atoms with Crippen LogP contribution in [0.3, 0.4) is 0 Å². The molecule has 0 saturated carbocycles.